The van der Waals surface area contributed by atoms with E-state index in [1.165, 1.54) is 7.11 Å². The van der Waals surface area contributed by atoms with Crippen molar-refractivity contribution in [1.82, 2.24) is 4.90 Å². The van der Waals surface area contributed by atoms with Gasteiger partial charge < -0.3 is 34.0 Å². The minimum Gasteiger partial charge on any atom is -0.459 e. The standard InChI is InChI=1S/C41H54N2O9/c1-5-19-43(40(47)48-4)37-26-35(42-50-7-3)33-24-29(14-8-10-20-44)32(16-9-11-21-45)38-34-25-31(51-30-15-12-13-28(23-30)27-46)17-18-36(34)52-41(37,39(33)38)49-22-6-2/h6,12-13,15,17-18,23-25,27,29,32,37-39,44-45H,2,5,7-11,14,16,19-22,26H2,1,3-4H3/t29-,32+,37-,38+,39+,41+/m0/s1. The Labute approximate surface area is 307 Å². The SMILES string of the molecule is C=CCO[C@@]12Oc3ccc(Oc4cccc(C=O)c4)cc3[C@H]3[C@H](CCCCO)[C@@H](CCCCO)C=C(C(=NOCC)C[C@@H]1N(CCC)C(=O)OC)[C@H]32. The molecule has 11 nitrogen and oxygen atoms in total. The number of fused-ring (bicyclic) bond motifs is 2. The highest BCUT2D eigenvalue weighted by Crippen LogP contribution is 2.62. The number of methoxy groups -OCH3 is 1. The second-order valence-electron chi connectivity index (χ2n) is 13.6. The number of aliphatic hydroxyl groups excluding tert-OH is 2. The number of ether oxygens (including phenoxy) is 4. The van der Waals surface area contributed by atoms with Gasteiger partial charge >= 0.3 is 6.09 Å². The van der Waals surface area contributed by atoms with Gasteiger partial charge in [0.2, 0.25) is 5.79 Å². The van der Waals surface area contributed by atoms with E-state index < -0.39 is 23.8 Å². The molecule has 2 aromatic carbocycles. The van der Waals surface area contributed by atoms with E-state index in [2.05, 4.69) is 12.7 Å². The third kappa shape index (κ3) is 8.22. The van der Waals surface area contributed by atoms with E-state index >= 15 is 0 Å². The number of rotatable bonds is 19. The lowest BCUT2D eigenvalue weighted by Crippen LogP contribution is -2.70. The van der Waals surface area contributed by atoms with Crippen LogP contribution in [0.15, 0.2) is 71.9 Å². The van der Waals surface area contributed by atoms with Crippen molar-refractivity contribution in [3.63, 3.8) is 0 Å². The summed E-state index contributed by atoms with van der Waals surface area (Å²) in [6, 6.07) is 12.1. The summed E-state index contributed by atoms with van der Waals surface area (Å²) >= 11 is 0. The van der Waals surface area contributed by atoms with Crippen LogP contribution in [0.3, 0.4) is 0 Å². The topological polar surface area (TPSA) is 136 Å². The molecule has 0 unspecified atom stereocenters. The van der Waals surface area contributed by atoms with Gasteiger partial charge in [-0.05, 0) is 86.8 Å². The first-order chi connectivity index (χ1) is 25.4. The molecule has 2 aliphatic carbocycles. The molecule has 1 fully saturated rings. The third-order valence-electron chi connectivity index (χ3n) is 10.4. The fourth-order valence-corrected chi connectivity index (χ4v) is 8.37. The van der Waals surface area contributed by atoms with Gasteiger partial charge in [0.15, 0.2) is 0 Å². The van der Waals surface area contributed by atoms with Gasteiger partial charge in [-0.3, -0.25) is 9.69 Å². The van der Waals surface area contributed by atoms with Crippen molar-refractivity contribution in [2.75, 3.05) is 40.1 Å². The largest absolute Gasteiger partial charge is 0.459 e. The summed E-state index contributed by atoms with van der Waals surface area (Å²) in [5.41, 5.74) is 3.14. The average Bonchev–Trinajstić information content (AvgIpc) is 3.16. The van der Waals surface area contributed by atoms with Crippen molar-refractivity contribution in [2.45, 2.75) is 83.0 Å². The number of oxime groups is 1. The highest BCUT2D eigenvalue weighted by atomic mass is 16.7. The Morgan fingerprint density at radius 1 is 1.08 bits per heavy atom. The number of aldehydes is 1. The van der Waals surface area contributed by atoms with Gasteiger partial charge in [0.1, 0.15) is 36.2 Å². The highest BCUT2D eigenvalue weighted by Gasteiger charge is 2.65. The average molecular weight is 719 g/mol. The smallest absolute Gasteiger partial charge is 0.409 e. The van der Waals surface area contributed by atoms with Gasteiger partial charge in [-0.1, -0.05) is 49.2 Å². The first kappa shape index (κ1) is 39.0. The minimum atomic E-state index is -1.35. The van der Waals surface area contributed by atoms with Crippen LogP contribution >= 0.6 is 0 Å². The first-order valence-corrected chi connectivity index (χ1v) is 18.7. The van der Waals surface area contributed by atoms with Crippen LogP contribution < -0.4 is 9.47 Å². The molecular formula is C41H54N2O9. The van der Waals surface area contributed by atoms with E-state index in [1.54, 1.807) is 29.2 Å². The van der Waals surface area contributed by atoms with Crippen LogP contribution in [0.5, 0.6) is 17.2 Å². The number of allylic oxidation sites excluding steroid dienone is 1. The molecule has 0 spiro atoms. The van der Waals surface area contributed by atoms with Gasteiger partial charge in [0.05, 0.1) is 25.3 Å². The summed E-state index contributed by atoms with van der Waals surface area (Å²) in [5.74, 6) is -0.0365. The summed E-state index contributed by atoms with van der Waals surface area (Å²) in [7, 11) is 1.38. The predicted octanol–water partition coefficient (Wildman–Crippen LogP) is 7.42. The quantitative estimate of drug-likeness (QED) is 0.0658. The molecule has 1 amide bonds. The highest BCUT2D eigenvalue weighted by molar-refractivity contribution is 6.03. The monoisotopic (exact) mass is 718 g/mol. The zero-order valence-electron chi connectivity index (χ0n) is 30.7. The Morgan fingerprint density at radius 3 is 2.54 bits per heavy atom. The van der Waals surface area contributed by atoms with Crippen LogP contribution in [0.4, 0.5) is 4.79 Å². The lowest BCUT2D eigenvalue weighted by atomic mass is 9.55. The Balaban J connectivity index is 1.77. The number of unbranched alkanes of at least 4 members (excludes halogenated alkanes) is 2. The number of carbonyl (C=O) groups is 2. The molecule has 2 aromatic rings. The van der Waals surface area contributed by atoms with Gasteiger partial charge in [-0.25, -0.2) is 4.79 Å². The van der Waals surface area contributed by atoms with E-state index in [1.807, 2.05) is 38.1 Å². The zero-order valence-corrected chi connectivity index (χ0v) is 30.7. The number of hydrogen-bond donors (Lipinski definition) is 2. The molecule has 3 aliphatic rings. The molecule has 5 rings (SSSR count). The Hall–Kier alpha value is -4.19. The molecule has 0 bridgehead atoms. The third-order valence-corrected chi connectivity index (χ3v) is 10.4. The van der Waals surface area contributed by atoms with Crippen LogP contribution in [-0.4, -0.2) is 85.1 Å². The van der Waals surface area contributed by atoms with Crippen molar-refractivity contribution in [3.8, 4) is 17.2 Å². The van der Waals surface area contributed by atoms with Crippen molar-refractivity contribution < 1.29 is 43.6 Å². The molecule has 1 saturated carbocycles. The second-order valence-corrected chi connectivity index (χ2v) is 13.6. The molecule has 0 saturated heterocycles. The van der Waals surface area contributed by atoms with Crippen LogP contribution in [-0.2, 0) is 14.3 Å². The molecule has 0 aromatic heterocycles. The Morgan fingerprint density at radius 2 is 1.85 bits per heavy atom. The van der Waals surface area contributed by atoms with Crippen molar-refractivity contribution in [3.05, 3.63) is 77.9 Å². The summed E-state index contributed by atoms with van der Waals surface area (Å²) < 4.78 is 25.8. The van der Waals surface area contributed by atoms with Crippen LogP contribution in [0, 0.1) is 17.8 Å². The maximum Gasteiger partial charge on any atom is 0.409 e. The van der Waals surface area contributed by atoms with Gasteiger partial charge in [-0.15, -0.1) is 6.58 Å². The molecule has 6 atom stereocenters. The maximum atomic E-state index is 13.6. The Kier molecular flexibility index (Phi) is 13.9. The lowest BCUT2D eigenvalue weighted by molar-refractivity contribution is -0.255. The molecular weight excluding hydrogens is 664 g/mol. The molecule has 0 radical (unpaired) electrons. The number of benzene rings is 2. The number of hydrogen-bond acceptors (Lipinski definition) is 10. The van der Waals surface area contributed by atoms with E-state index in [0.29, 0.717) is 61.6 Å². The molecule has 282 valence electrons. The van der Waals surface area contributed by atoms with E-state index in [4.69, 9.17) is 28.9 Å². The second kappa shape index (κ2) is 18.5. The summed E-state index contributed by atoms with van der Waals surface area (Å²) in [6.45, 7) is 9.03. The first-order valence-electron chi connectivity index (χ1n) is 18.7. The summed E-state index contributed by atoms with van der Waals surface area (Å²) in [5, 5.41) is 24.3. The zero-order chi connectivity index (χ0) is 37.1. The van der Waals surface area contributed by atoms with Crippen molar-refractivity contribution in [2.24, 2.45) is 22.9 Å². The van der Waals surface area contributed by atoms with Crippen LogP contribution in [0.25, 0.3) is 0 Å². The van der Waals surface area contributed by atoms with Crippen molar-refractivity contribution >= 4 is 18.1 Å². The number of aliphatic hydroxyl groups is 2. The van der Waals surface area contributed by atoms with Crippen LogP contribution in [0.2, 0.25) is 0 Å². The number of carbonyl (C=O) groups excluding carboxylic acids is 2. The Bertz CT molecular complexity index is 1590. The van der Waals surface area contributed by atoms with E-state index in [0.717, 1.165) is 48.8 Å². The van der Waals surface area contributed by atoms with E-state index in [-0.39, 0.29) is 37.6 Å². The number of amides is 1. The number of nitrogens with zero attached hydrogens (tertiary/aromatic N) is 2. The minimum absolute atomic E-state index is 0.0758. The van der Waals surface area contributed by atoms with Crippen LogP contribution in [0.1, 0.15) is 87.1 Å². The summed E-state index contributed by atoms with van der Waals surface area (Å²) in [6.07, 6.45) is 9.95. The molecule has 11 heteroatoms. The molecule has 2 N–H and O–H groups in total. The normalized spacial score (nSPS) is 25.2. The maximum absolute atomic E-state index is 13.6. The fourth-order valence-electron chi connectivity index (χ4n) is 8.37. The van der Waals surface area contributed by atoms with Gasteiger partial charge in [0, 0.05) is 43.2 Å². The van der Waals surface area contributed by atoms with Gasteiger partial charge in [0.25, 0.3) is 0 Å². The molecule has 52 heavy (non-hydrogen) atoms. The molecule has 1 heterocycles. The van der Waals surface area contributed by atoms with Crippen molar-refractivity contribution in [1.29, 1.82) is 0 Å². The fraction of sp³-hybridized carbons (Fsp3) is 0.537. The van der Waals surface area contributed by atoms with E-state index in [9.17, 15) is 19.8 Å². The lowest BCUT2D eigenvalue weighted by Gasteiger charge is -2.59. The summed E-state index contributed by atoms with van der Waals surface area (Å²) in [4.78, 5) is 32.6. The predicted molar refractivity (Wildman–Crippen MR) is 198 cm³/mol. The molecule has 1 aliphatic heterocycles. The van der Waals surface area contributed by atoms with Gasteiger partial charge in [-0.2, -0.15) is 0 Å².